The van der Waals surface area contributed by atoms with E-state index >= 15 is 0 Å². The van der Waals surface area contributed by atoms with Crippen molar-refractivity contribution in [1.29, 1.82) is 0 Å². The maximum absolute atomic E-state index is 11.9. The molecule has 0 aromatic carbocycles. The molecule has 0 saturated heterocycles. The highest BCUT2D eigenvalue weighted by atomic mass is 79.9. The summed E-state index contributed by atoms with van der Waals surface area (Å²) in [6, 6.07) is 2.86. The zero-order valence-corrected chi connectivity index (χ0v) is 12.0. The van der Waals surface area contributed by atoms with Crippen LogP contribution < -0.4 is 10.6 Å². The lowest BCUT2D eigenvalue weighted by Gasteiger charge is -2.13. The van der Waals surface area contributed by atoms with Gasteiger partial charge in [0, 0.05) is 17.2 Å². The van der Waals surface area contributed by atoms with Crippen molar-refractivity contribution in [2.75, 3.05) is 6.54 Å². The predicted octanol–water partition coefficient (Wildman–Crippen LogP) is 1.49. The molecule has 0 saturated carbocycles. The van der Waals surface area contributed by atoms with Gasteiger partial charge in [0.2, 0.25) is 5.91 Å². The van der Waals surface area contributed by atoms with Gasteiger partial charge in [-0.15, -0.1) is 0 Å². The van der Waals surface area contributed by atoms with E-state index in [9.17, 15) is 9.59 Å². The maximum atomic E-state index is 11.9. The van der Waals surface area contributed by atoms with Crippen LogP contribution in [0.4, 0.5) is 0 Å². The fraction of sp³-hybridized carbons (Fsp3) is 0.417. The molecule has 98 valence electrons. The molecule has 2 amide bonds. The zero-order valence-electron chi connectivity index (χ0n) is 10.4. The summed E-state index contributed by atoms with van der Waals surface area (Å²) in [5, 5.41) is 5.32. The number of halogens is 1. The van der Waals surface area contributed by atoms with Crippen molar-refractivity contribution in [3.63, 3.8) is 0 Å². The number of rotatable bonds is 5. The van der Waals surface area contributed by atoms with E-state index in [1.54, 1.807) is 19.1 Å². The van der Waals surface area contributed by atoms with Gasteiger partial charge in [0.05, 0.1) is 0 Å². The molecule has 1 aromatic heterocycles. The lowest BCUT2D eigenvalue weighted by molar-refractivity contribution is -0.122. The Morgan fingerprint density at radius 1 is 1.50 bits per heavy atom. The van der Waals surface area contributed by atoms with Gasteiger partial charge in [-0.05, 0) is 41.4 Å². The van der Waals surface area contributed by atoms with Crippen LogP contribution in [0.1, 0.15) is 30.8 Å². The second-order valence-corrected chi connectivity index (χ2v) is 4.67. The second-order valence-electron chi connectivity index (χ2n) is 3.82. The van der Waals surface area contributed by atoms with E-state index in [4.69, 9.17) is 0 Å². The minimum absolute atomic E-state index is 0.197. The zero-order chi connectivity index (χ0) is 13.5. The van der Waals surface area contributed by atoms with E-state index in [2.05, 4.69) is 31.5 Å². The monoisotopic (exact) mass is 313 g/mol. The van der Waals surface area contributed by atoms with Crippen LogP contribution in [0.3, 0.4) is 0 Å². The van der Waals surface area contributed by atoms with Crippen molar-refractivity contribution in [2.45, 2.75) is 26.3 Å². The minimum Gasteiger partial charge on any atom is -0.354 e. The summed E-state index contributed by atoms with van der Waals surface area (Å²) in [6.45, 7) is 4.21. The number of nitrogens with one attached hydrogen (secondary N) is 2. The summed E-state index contributed by atoms with van der Waals surface area (Å²) < 4.78 is 0.601. The molecule has 0 fully saturated rings. The highest BCUT2D eigenvalue weighted by Crippen LogP contribution is 2.12. The molecule has 0 aliphatic carbocycles. The highest BCUT2D eigenvalue weighted by Gasteiger charge is 2.18. The van der Waals surface area contributed by atoms with Gasteiger partial charge in [-0.2, -0.15) is 0 Å². The van der Waals surface area contributed by atoms with Gasteiger partial charge >= 0.3 is 0 Å². The second kappa shape index (κ2) is 7.10. The quantitative estimate of drug-likeness (QED) is 0.865. The molecule has 6 heteroatoms. The third-order valence-corrected chi connectivity index (χ3v) is 2.90. The summed E-state index contributed by atoms with van der Waals surface area (Å²) in [5.74, 6) is -0.570. The number of carbonyl (C=O) groups excluding carboxylic acids is 2. The number of amides is 2. The fourth-order valence-electron chi connectivity index (χ4n) is 1.28. The van der Waals surface area contributed by atoms with Gasteiger partial charge in [0.15, 0.2) is 0 Å². The average Bonchev–Trinajstić information content (AvgIpc) is 2.36. The number of hydrogen-bond donors (Lipinski definition) is 2. The van der Waals surface area contributed by atoms with Crippen molar-refractivity contribution in [2.24, 2.45) is 0 Å². The lowest BCUT2D eigenvalue weighted by Crippen LogP contribution is -2.45. The molecular weight excluding hydrogens is 298 g/mol. The van der Waals surface area contributed by atoms with Crippen LogP contribution >= 0.6 is 15.9 Å². The number of hydrogen-bond acceptors (Lipinski definition) is 3. The standard InChI is InChI=1S/C12H16BrN3O2/c1-3-6-15-11(17)8(2)16-12(18)10-9(13)5-4-7-14-10/h4-5,7-8H,3,6H2,1-2H3,(H,15,17)(H,16,18). The molecule has 0 spiro atoms. The topological polar surface area (TPSA) is 71.1 Å². The Balaban J connectivity index is 2.60. The largest absolute Gasteiger partial charge is 0.354 e. The normalized spacial score (nSPS) is 11.7. The van der Waals surface area contributed by atoms with Crippen LogP contribution in [-0.4, -0.2) is 29.4 Å². The summed E-state index contributed by atoms with van der Waals surface area (Å²) in [7, 11) is 0. The van der Waals surface area contributed by atoms with Crippen molar-refractivity contribution < 1.29 is 9.59 Å². The summed E-state index contributed by atoms with van der Waals surface area (Å²) >= 11 is 3.24. The number of nitrogens with zero attached hydrogens (tertiary/aromatic N) is 1. The van der Waals surface area contributed by atoms with Crippen LogP contribution in [0.15, 0.2) is 22.8 Å². The van der Waals surface area contributed by atoms with Crippen LogP contribution in [0.5, 0.6) is 0 Å². The molecule has 5 nitrogen and oxygen atoms in total. The van der Waals surface area contributed by atoms with Gasteiger partial charge in [-0.1, -0.05) is 6.92 Å². The van der Waals surface area contributed by atoms with Crippen LogP contribution in [-0.2, 0) is 4.79 Å². The summed E-state index contributed by atoms with van der Waals surface area (Å²) in [5.41, 5.74) is 0.271. The first-order valence-electron chi connectivity index (χ1n) is 5.75. The van der Waals surface area contributed by atoms with Gasteiger partial charge < -0.3 is 10.6 Å². The van der Waals surface area contributed by atoms with Crippen molar-refractivity contribution in [1.82, 2.24) is 15.6 Å². The van der Waals surface area contributed by atoms with Crippen LogP contribution in [0.25, 0.3) is 0 Å². The predicted molar refractivity (Wildman–Crippen MR) is 72.2 cm³/mol. The lowest BCUT2D eigenvalue weighted by atomic mass is 10.2. The molecule has 0 aliphatic rings. The third-order valence-electron chi connectivity index (χ3n) is 2.26. The van der Waals surface area contributed by atoms with E-state index in [-0.39, 0.29) is 17.5 Å². The number of carbonyl (C=O) groups is 2. The van der Waals surface area contributed by atoms with Gasteiger partial charge in [0.1, 0.15) is 11.7 Å². The van der Waals surface area contributed by atoms with E-state index in [1.807, 2.05) is 6.92 Å². The summed E-state index contributed by atoms with van der Waals surface area (Å²) in [4.78, 5) is 27.4. The molecule has 18 heavy (non-hydrogen) atoms. The van der Waals surface area contributed by atoms with Crippen molar-refractivity contribution in [3.05, 3.63) is 28.5 Å². The molecule has 1 aromatic rings. The fourth-order valence-corrected chi connectivity index (χ4v) is 1.72. The van der Waals surface area contributed by atoms with E-state index in [1.165, 1.54) is 6.20 Å². The smallest absolute Gasteiger partial charge is 0.271 e. The molecule has 1 unspecified atom stereocenters. The molecule has 1 rings (SSSR count). The molecule has 1 atom stereocenters. The average molecular weight is 314 g/mol. The Labute approximate surface area is 114 Å². The molecule has 1 heterocycles. The highest BCUT2D eigenvalue weighted by molar-refractivity contribution is 9.10. The molecule has 2 N–H and O–H groups in total. The van der Waals surface area contributed by atoms with Gasteiger partial charge in [-0.3, -0.25) is 9.59 Å². The number of aromatic nitrogens is 1. The van der Waals surface area contributed by atoms with Crippen LogP contribution in [0, 0.1) is 0 Å². The Hall–Kier alpha value is -1.43. The molecule has 0 radical (unpaired) electrons. The Kier molecular flexibility index (Phi) is 5.77. The Morgan fingerprint density at radius 3 is 2.83 bits per heavy atom. The minimum atomic E-state index is -0.585. The Morgan fingerprint density at radius 2 is 2.22 bits per heavy atom. The molecule has 0 aliphatic heterocycles. The third kappa shape index (κ3) is 4.10. The van der Waals surface area contributed by atoms with Crippen LogP contribution in [0.2, 0.25) is 0 Å². The maximum Gasteiger partial charge on any atom is 0.271 e. The SMILES string of the molecule is CCCNC(=O)C(C)NC(=O)c1ncccc1Br. The number of pyridine rings is 1. The molecular formula is C12H16BrN3O2. The Bertz CT molecular complexity index is 437. The first-order chi connectivity index (χ1) is 8.56. The van der Waals surface area contributed by atoms with Crippen molar-refractivity contribution in [3.8, 4) is 0 Å². The van der Waals surface area contributed by atoms with E-state index < -0.39 is 6.04 Å². The summed E-state index contributed by atoms with van der Waals surface area (Å²) in [6.07, 6.45) is 2.39. The van der Waals surface area contributed by atoms with Crippen molar-refractivity contribution >= 4 is 27.7 Å². The first-order valence-corrected chi connectivity index (χ1v) is 6.54. The first kappa shape index (κ1) is 14.6. The molecule has 0 bridgehead atoms. The van der Waals surface area contributed by atoms with Gasteiger partial charge in [0.25, 0.3) is 5.91 Å². The van der Waals surface area contributed by atoms with E-state index in [0.29, 0.717) is 11.0 Å². The van der Waals surface area contributed by atoms with E-state index in [0.717, 1.165) is 6.42 Å². The van der Waals surface area contributed by atoms with Gasteiger partial charge in [-0.25, -0.2) is 4.98 Å².